The number of nitrogens with zero attached hydrogens (tertiary/aromatic N) is 3. The van der Waals surface area contributed by atoms with Crippen LogP contribution in [0.5, 0.6) is 0 Å². The van der Waals surface area contributed by atoms with Gasteiger partial charge in [0.1, 0.15) is 0 Å². The Morgan fingerprint density at radius 1 is 0.971 bits per heavy atom. The zero-order valence-electron chi connectivity index (χ0n) is 18.5. The summed E-state index contributed by atoms with van der Waals surface area (Å²) in [7, 11) is -3.78. The number of thioether (sulfide) groups is 1. The molecule has 3 aromatic carbocycles. The summed E-state index contributed by atoms with van der Waals surface area (Å²) in [5.74, 6) is -0.211. The summed E-state index contributed by atoms with van der Waals surface area (Å²) in [6, 6.07) is 22.1. The van der Waals surface area contributed by atoms with Crippen molar-refractivity contribution in [3.05, 3.63) is 84.4 Å². The van der Waals surface area contributed by atoms with Gasteiger partial charge in [-0.25, -0.2) is 8.42 Å². The Bertz CT molecular complexity index is 1370. The first-order chi connectivity index (χ1) is 16.4. The van der Waals surface area contributed by atoms with Crippen LogP contribution in [0.3, 0.4) is 0 Å². The second-order valence-electron chi connectivity index (χ2n) is 7.12. The minimum atomic E-state index is -3.78. The van der Waals surface area contributed by atoms with Crippen LogP contribution in [0.4, 0.5) is 11.7 Å². The van der Waals surface area contributed by atoms with E-state index in [-0.39, 0.29) is 28.9 Å². The SMILES string of the molecule is CCN(c1ccccc1)S(=O)(=O)c1ccc(C(=O)Nc2nnc(-c3ccc(SC)cc3)o2)cc1. The summed E-state index contributed by atoms with van der Waals surface area (Å²) in [4.78, 5) is 13.8. The second kappa shape index (κ2) is 10.1. The van der Waals surface area contributed by atoms with Crippen molar-refractivity contribution >= 4 is 39.4 Å². The number of carbonyl (C=O) groups excluding carboxylic acids is 1. The fourth-order valence-electron chi connectivity index (χ4n) is 3.28. The van der Waals surface area contributed by atoms with Crippen LogP contribution in [-0.2, 0) is 10.0 Å². The summed E-state index contributed by atoms with van der Waals surface area (Å²) >= 11 is 1.62. The van der Waals surface area contributed by atoms with E-state index in [0.717, 1.165) is 10.5 Å². The molecule has 0 fully saturated rings. The molecule has 0 saturated heterocycles. The van der Waals surface area contributed by atoms with E-state index in [4.69, 9.17) is 4.42 Å². The van der Waals surface area contributed by atoms with Crippen molar-refractivity contribution in [3.8, 4) is 11.5 Å². The lowest BCUT2D eigenvalue weighted by Gasteiger charge is -2.22. The minimum absolute atomic E-state index is 0.0492. The standard InChI is InChI=1S/C24H22N4O4S2/c1-3-28(19-7-5-4-6-8-19)34(30,31)21-15-11-17(12-16-21)22(29)25-24-27-26-23(32-24)18-9-13-20(33-2)14-10-18/h4-16H,3H2,1-2H3,(H,25,27,29). The molecule has 0 atom stereocenters. The third-order valence-corrected chi connectivity index (χ3v) is 7.68. The van der Waals surface area contributed by atoms with Gasteiger partial charge in [-0.05, 0) is 73.8 Å². The highest BCUT2D eigenvalue weighted by Gasteiger charge is 2.24. The van der Waals surface area contributed by atoms with E-state index >= 15 is 0 Å². The van der Waals surface area contributed by atoms with Gasteiger partial charge in [-0.1, -0.05) is 23.3 Å². The van der Waals surface area contributed by atoms with Gasteiger partial charge in [0.25, 0.3) is 15.9 Å². The Hall–Kier alpha value is -3.63. The number of para-hydroxylation sites is 1. The first kappa shape index (κ1) is 23.5. The molecule has 0 saturated carbocycles. The molecule has 34 heavy (non-hydrogen) atoms. The Morgan fingerprint density at radius 2 is 1.65 bits per heavy atom. The number of nitrogens with one attached hydrogen (secondary N) is 1. The second-order valence-corrected chi connectivity index (χ2v) is 9.87. The van der Waals surface area contributed by atoms with Crippen molar-refractivity contribution in [2.75, 3.05) is 22.4 Å². The van der Waals surface area contributed by atoms with Crippen LogP contribution in [0, 0.1) is 0 Å². The van der Waals surface area contributed by atoms with Crippen LogP contribution >= 0.6 is 11.8 Å². The van der Waals surface area contributed by atoms with Crippen LogP contribution < -0.4 is 9.62 Å². The number of hydrogen-bond donors (Lipinski definition) is 1. The van der Waals surface area contributed by atoms with E-state index in [0.29, 0.717) is 5.69 Å². The molecule has 0 aliphatic carbocycles. The summed E-state index contributed by atoms with van der Waals surface area (Å²) < 4.78 is 33.1. The summed E-state index contributed by atoms with van der Waals surface area (Å²) in [6.07, 6.45) is 1.99. The number of rotatable bonds is 8. The maximum atomic E-state index is 13.1. The monoisotopic (exact) mass is 494 g/mol. The van der Waals surface area contributed by atoms with Crippen molar-refractivity contribution in [2.45, 2.75) is 16.7 Å². The molecular weight excluding hydrogens is 472 g/mol. The average molecular weight is 495 g/mol. The van der Waals surface area contributed by atoms with E-state index in [2.05, 4.69) is 15.5 Å². The van der Waals surface area contributed by atoms with Crippen LogP contribution in [-0.4, -0.2) is 37.3 Å². The third kappa shape index (κ3) is 4.97. The zero-order valence-corrected chi connectivity index (χ0v) is 20.1. The normalized spacial score (nSPS) is 11.2. The Labute approximate surface area is 202 Å². The smallest absolute Gasteiger partial charge is 0.322 e. The van der Waals surface area contributed by atoms with Gasteiger partial charge in [-0.15, -0.1) is 16.9 Å². The van der Waals surface area contributed by atoms with Crippen molar-refractivity contribution in [1.82, 2.24) is 10.2 Å². The van der Waals surface area contributed by atoms with Gasteiger partial charge in [0.2, 0.25) is 5.89 Å². The van der Waals surface area contributed by atoms with Crippen molar-refractivity contribution in [3.63, 3.8) is 0 Å². The van der Waals surface area contributed by atoms with Crippen LogP contribution in [0.25, 0.3) is 11.5 Å². The molecule has 10 heteroatoms. The average Bonchev–Trinajstić information content (AvgIpc) is 3.33. The number of aromatic nitrogens is 2. The molecule has 1 heterocycles. The minimum Gasteiger partial charge on any atom is -0.403 e. The number of hydrogen-bond acceptors (Lipinski definition) is 7. The van der Waals surface area contributed by atoms with Gasteiger partial charge in [-0.3, -0.25) is 14.4 Å². The molecule has 174 valence electrons. The van der Waals surface area contributed by atoms with Crippen molar-refractivity contribution < 1.29 is 17.6 Å². The first-order valence-corrected chi connectivity index (χ1v) is 13.1. The molecule has 0 spiro atoms. The van der Waals surface area contributed by atoms with Crippen LogP contribution in [0.2, 0.25) is 0 Å². The Morgan fingerprint density at radius 3 is 2.26 bits per heavy atom. The molecule has 4 aromatic rings. The highest BCUT2D eigenvalue weighted by Crippen LogP contribution is 2.25. The van der Waals surface area contributed by atoms with Gasteiger partial charge in [-0.2, -0.15) is 0 Å². The topological polar surface area (TPSA) is 105 Å². The van der Waals surface area contributed by atoms with Gasteiger partial charge < -0.3 is 4.42 Å². The molecule has 1 amide bonds. The number of benzene rings is 3. The summed E-state index contributed by atoms with van der Waals surface area (Å²) in [5, 5.41) is 10.4. The molecule has 0 bridgehead atoms. The van der Waals surface area contributed by atoms with Gasteiger partial charge in [0, 0.05) is 22.6 Å². The highest BCUT2D eigenvalue weighted by atomic mass is 32.2. The van der Waals surface area contributed by atoms with E-state index < -0.39 is 15.9 Å². The summed E-state index contributed by atoms with van der Waals surface area (Å²) in [5.41, 5.74) is 1.56. The Kier molecular flexibility index (Phi) is 6.99. The van der Waals surface area contributed by atoms with E-state index in [9.17, 15) is 13.2 Å². The van der Waals surface area contributed by atoms with E-state index in [1.165, 1.54) is 28.6 Å². The van der Waals surface area contributed by atoms with Crippen LogP contribution in [0.15, 0.2) is 93.1 Å². The van der Waals surface area contributed by atoms with Gasteiger partial charge in [0.05, 0.1) is 10.6 Å². The number of amides is 1. The Balaban J connectivity index is 1.47. The molecule has 1 aromatic heterocycles. The molecule has 4 rings (SSSR count). The predicted molar refractivity (Wildman–Crippen MR) is 133 cm³/mol. The molecule has 0 aliphatic heterocycles. The number of anilines is 2. The van der Waals surface area contributed by atoms with Gasteiger partial charge >= 0.3 is 6.01 Å². The van der Waals surface area contributed by atoms with Crippen molar-refractivity contribution in [1.29, 1.82) is 0 Å². The number of carbonyl (C=O) groups is 1. The quantitative estimate of drug-likeness (QED) is 0.346. The lowest BCUT2D eigenvalue weighted by atomic mass is 10.2. The fraction of sp³-hybridized carbons (Fsp3) is 0.125. The fourth-order valence-corrected chi connectivity index (χ4v) is 5.17. The molecular formula is C24H22N4O4S2. The maximum absolute atomic E-state index is 13.1. The van der Waals surface area contributed by atoms with Crippen LogP contribution in [0.1, 0.15) is 17.3 Å². The lowest BCUT2D eigenvalue weighted by molar-refractivity contribution is 0.102. The molecule has 0 aliphatic rings. The van der Waals surface area contributed by atoms with Crippen molar-refractivity contribution in [2.24, 2.45) is 0 Å². The zero-order chi connectivity index (χ0) is 24.1. The lowest BCUT2D eigenvalue weighted by Crippen LogP contribution is -2.30. The van der Waals surface area contributed by atoms with Gasteiger partial charge in [0.15, 0.2) is 0 Å². The molecule has 0 radical (unpaired) electrons. The molecule has 8 nitrogen and oxygen atoms in total. The molecule has 0 unspecified atom stereocenters. The highest BCUT2D eigenvalue weighted by molar-refractivity contribution is 7.98. The largest absolute Gasteiger partial charge is 0.403 e. The molecule has 1 N–H and O–H groups in total. The van der Waals surface area contributed by atoms with E-state index in [1.54, 1.807) is 43.0 Å². The van der Waals surface area contributed by atoms with E-state index in [1.807, 2.05) is 36.6 Å². The first-order valence-electron chi connectivity index (χ1n) is 10.4. The number of sulfonamides is 1. The third-order valence-electron chi connectivity index (χ3n) is 5.02. The summed E-state index contributed by atoms with van der Waals surface area (Å²) in [6.45, 7) is 2.04. The maximum Gasteiger partial charge on any atom is 0.322 e. The predicted octanol–water partition coefficient (Wildman–Crippen LogP) is 4.93.